The minimum Gasteiger partial charge on any atom is -0.497 e. The quantitative estimate of drug-likeness (QED) is 0.762. The molecule has 1 aliphatic rings. The van der Waals surface area contributed by atoms with Crippen molar-refractivity contribution in [3.63, 3.8) is 0 Å². The van der Waals surface area contributed by atoms with Crippen LogP contribution in [0.2, 0.25) is 0 Å². The van der Waals surface area contributed by atoms with Gasteiger partial charge in [0.2, 0.25) is 11.8 Å². The molecule has 2 amide bonds. The standard InChI is InChI=1S/C23H29N3O3.ClH/c1-23(24,19-6-4-3-5-7-19)22(28)26-16-14-25(15-17-26)21(27)13-10-18-8-11-20(29-2)12-9-18;/h3-9,11-12H,10,13-17,24H2,1-2H3;1H. The molecule has 0 radical (unpaired) electrons. The third-order valence-corrected chi connectivity index (χ3v) is 5.52. The Morgan fingerprint density at radius 3 is 2.10 bits per heavy atom. The van der Waals surface area contributed by atoms with E-state index in [4.69, 9.17) is 10.5 Å². The van der Waals surface area contributed by atoms with Crippen LogP contribution in [0.4, 0.5) is 0 Å². The number of carbonyl (C=O) groups is 2. The largest absolute Gasteiger partial charge is 0.497 e. The number of amides is 2. The lowest BCUT2D eigenvalue weighted by molar-refractivity contribution is -0.143. The van der Waals surface area contributed by atoms with E-state index in [1.807, 2.05) is 59.5 Å². The van der Waals surface area contributed by atoms with Gasteiger partial charge in [0.25, 0.3) is 0 Å². The van der Waals surface area contributed by atoms with Gasteiger partial charge in [0, 0.05) is 32.6 Å². The van der Waals surface area contributed by atoms with E-state index in [-0.39, 0.29) is 24.2 Å². The molecule has 162 valence electrons. The summed E-state index contributed by atoms with van der Waals surface area (Å²) in [7, 11) is 1.63. The van der Waals surface area contributed by atoms with Crippen LogP contribution >= 0.6 is 12.4 Å². The first-order valence-corrected chi connectivity index (χ1v) is 9.96. The molecule has 1 saturated heterocycles. The van der Waals surface area contributed by atoms with Gasteiger partial charge in [0.05, 0.1) is 7.11 Å². The third kappa shape index (κ3) is 5.52. The number of benzene rings is 2. The van der Waals surface area contributed by atoms with Crippen molar-refractivity contribution in [2.75, 3.05) is 33.3 Å². The second kappa shape index (κ2) is 10.5. The number of aryl methyl sites for hydroxylation is 1. The average molecular weight is 432 g/mol. The Hall–Kier alpha value is -2.57. The summed E-state index contributed by atoms with van der Waals surface area (Å²) in [6.45, 7) is 3.84. The highest BCUT2D eigenvalue weighted by molar-refractivity contribution is 5.87. The minimum absolute atomic E-state index is 0. The molecular weight excluding hydrogens is 402 g/mol. The first kappa shape index (κ1) is 23.7. The molecule has 1 aliphatic heterocycles. The van der Waals surface area contributed by atoms with Crippen molar-refractivity contribution >= 4 is 24.2 Å². The molecule has 0 spiro atoms. The molecule has 0 bridgehead atoms. The molecule has 0 aliphatic carbocycles. The topological polar surface area (TPSA) is 75.9 Å². The van der Waals surface area contributed by atoms with Crippen molar-refractivity contribution in [1.29, 1.82) is 0 Å². The number of methoxy groups -OCH3 is 1. The number of carbonyl (C=O) groups excluding carboxylic acids is 2. The second-order valence-electron chi connectivity index (χ2n) is 7.59. The Morgan fingerprint density at radius 1 is 0.967 bits per heavy atom. The van der Waals surface area contributed by atoms with Crippen molar-refractivity contribution in [3.05, 3.63) is 65.7 Å². The van der Waals surface area contributed by atoms with Crippen LogP contribution in [0.5, 0.6) is 5.75 Å². The number of rotatable bonds is 6. The van der Waals surface area contributed by atoms with Crippen molar-refractivity contribution < 1.29 is 14.3 Å². The number of nitrogens with two attached hydrogens (primary N) is 1. The highest BCUT2D eigenvalue weighted by atomic mass is 35.5. The van der Waals surface area contributed by atoms with Gasteiger partial charge >= 0.3 is 0 Å². The maximum Gasteiger partial charge on any atom is 0.247 e. The predicted octanol–water partition coefficient (Wildman–Crippen LogP) is 2.59. The van der Waals surface area contributed by atoms with Crippen LogP contribution in [0.3, 0.4) is 0 Å². The van der Waals surface area contributed by atoms with Crippen LogP contribution in [0.1, 0.15) is 24.5 Å². The monoisotopic (exact) mass is 431 g/mol. The molecule has 2 aromatic rings. The summed E-state index contributed by atoms with van der Waals surface area (Å²) in [5, 5.41) is 0. The van der Waals surface area contributed by atoms with Crippen LogP contribution in [-0.4, -0.2) is 54.9 Å². The minimum atomic E-state index is -1.07. The second-order valence-corrected chi connectivity index (χ2v) is 7.59. The van der Waals surface area contributed by atoms with E-state index >= 15 is 0 Å². The van der Waals surface area contributed by atoms with Crippen LogP contribution in [-0.2, 0) is 21.5 Å². The maximum absolute atomic E-state index is 12.9. The molecule has 2 N–H and O–H groups in total. The molecule has 0 aromatic heterocycles. The first-order valence-electron chi connectivity index (χ1n) is 9.96. The summed E-state index contributed by atoms with van der Waals surface area (Å²) in [5.41, 5.74) is 7.19. The van der Waals surface area contributed by atoms with E-state index in [0.717, 1.165) is 16.9 Å². The molecular formula is C23H30ClN3O3. The van der Waals surface area contributed by atoms with Gasteiger partial charge < -0.3 is 20.3 Å². The lowest BCUT2D eigenvalue weighted by Gasteiger charge is -2.38. The van der Waals surface area contributed by atoms with Gasteiger partial charge in [0.15, 0.2) is 0 Å². The lowest BCUT2D eigenvalue weighted by atomic mass is 9.91. The zero-order chi connectivity index (χ0) is 20.9. The molecule has 1 heterocycles. The Morgan fingerprint density at radius 2 is 1.53 bits per heavy atom. The molecule has 1 atom stereocenters. The van der Waals surface area contributed by atoms with Crippen LogP contribution < -0.4 is 10.5 Å². The number of nitrogens with zero attached hydrogens (tertiary/aromatic N) is 2. The smallest absolute Gasteiger partial charge is 0.247 e. The summed E-state index contributed by atoms with van der Waals surface area (Å²) < 4.78 is 5.16. The van der Waals surface area contributed by atoms with Crippen molar-refractivity contribution in [2.24, 2.45) is 5.73 Å². The fourth-order valence-electron chi connectivity index (χ4n) is 3.60. The summed E-state index contributed by atoms with van der Waals surface area (Å²) in [5.74, 6) is 0.823. The summed E-state index contributed by atoms with van der Waals surface area (Å²) in [4.78, 5) is 29.1. The molecule has 3 rings (SSSR count). The summed E-state index contributed by atoms with van der Waals surface area (Å²) in [6.07, 6.45) is 1.15. The highest BCUT2D eigenvalue weighted by Crippen LogP contribution is 2.21. The van der Waals surface area contributed by atoms with Gasteiger partial charge in [0.1, 0.15) is 11.3 Å². The lowest BCUT2D eigenvalue weighted by Crippen LogP contribution is -2.57. The molecule has 1 fully saturated rings. The normalized spacial score (nSPS) is 15.7. The first-order chi connectivity index (χ1) is 13.9. The Balaban J connectivity index is 0.00000320. The predicted molar refractivity (Wildman–Crippen MR) is 120 cm³/mol. The summed E-state index contributed by atoms with van der Waals surface area (Å²) >= 11 is 0. The van der Waals surface area contributed by atoms with E-state index in [1.54, 1.807) is 18.9 Å². The molecule has 6 nitrogen and oxygen atoms in total. The fourth-order valence-corrected chi connectivity index (χ4v) is 3.60. The van der Waals surface area contributed by atoms with Gasteiger partial charge in [-0.05, 0) is 36.6 Å². The van der Waals surface area contributed by atoms with Crippen molar-refractivity contribution in [3.8, 4) is 5.75 Å². The van der Waals surface area contributed by atoms with Gasteiger partial charge in [-0.3, -0.25) is 9.59 Å². The van der Waals surface area contributed by atoms with Crippen molar-refractivity contribution in [2.45, 2.75) is 25.3 Å². The van der Waals surface area contributed by atoms with Gasteiger partial charge in [-0.1, -0.05) is 42.5 Å². The van der Waals surface area contributed by atoms with Gasteiger partial charge in [-0.15, -0.1) is 12.4 Å². The fraction of sp³-hybridized carbons (Fsp3) is 0.391. The number of piperazine rings is 1. The number of halogens is 1. The van der Waals surface area contributed by atoms with Crippen molar-refractivity contribution in [1.82, 2.24) is 9.80 Å². The number of hydrogen-bond donors (Lipinski definition) is 1. The zero-order valence-electron chi connectivity index (χ0n) is 17.5. The average Bonchev–Trinajstić information content (AvgIpc) is 2.78. The zero-order valence-corrected chi connectivity index (χ0v) is 18.4. The van der Waals surface area contributed by atoms with E-state index in [1.165, 1.54) is 0 Å². The number of hydrogen-bond acceptors (Lipinski definition) is 4. The van der Waals surface area contributed by atoms with E-state index < -0.39 is 5.54 Å². The Labute approximate surface area is 184 Å². The van der Waals surface area contributed by atoms with Crippen LogP contribution in [0, 0.1) is 0 Å². The van der Waals surface area contributed by atoms with Crippen LogP contribution in [0.25, 0.3) is 0 Å². The SMILES string of the molecule is COc1ccc(CCC(=O)N2CCN(C(=O)C(C)(N)c3ccccc3)CC2)cc1.Cl. The molecule has 1 unspecified atom stereocenters. The molecule has 2 aromatic carbocycles. The Kier molecular flexibility index (Phi) is 8.26. The van der Waals surface area contributed by atoms with E-state index in [0.29, 0.717) is 39.0 Å². The molecule has 0 saturated carbocycles. The van der Waals surface area contributed by atoms with E-state index in [2.05, 4.69) is 0 Å². The van der Waals surface area contributed by atoms with E-state index in [9.17, 15) is 9.59 Å². The molecule has 7 heteroatoms. The number of ether oxygens (including phenoxy) is 1. The highest BCUT2D eigenvalue weighted by Gasteiger charge is 2.36. The molecule has 30 heavy (non-hydrogen) atoms. The van der Waals surface area contributed by atoms with Crippen LogP contribution in [0.15, 0.2) is 54.6 Å². The summed E-state index contributed by atoms with van der Waals surface area (Å²) in [6, 6.07) is 17.2. The van der Waals surface area contributed by atoms with Gasteiger partial charge in [-0.2, -0.15) is 0 Å². The third-order valence-electron chi connectivity index (χ3n) is 5.52. The van der Waals surface area contributed by atoms with Gasteiger partial charge in [-0.25, -0.2) is 0 Å². The Bertz CT molecular complexity index is 833. The maximum atomic E-state index is 12.9.